The number of aliphatic carboxylic acids is 1. The molecule has 106 valence electrons. The predicted molar refractivity (Wildman–Crippen MR) is 62.7 cm³/mol. The predicted octanol–water partition coefficient (Wildman–Crippen LogP) is 2.57. The van der Waals surface area contributed by atoms with Gasteiger partial charge in [0.15, 0.2) is 0 Å². The summed E-state index contributed by atoms with van der Waals surface area (Å²) in [5, 5.41) is 12.2. The molecule has 8 heteroatoms. The van der Waals surface area contributed by atoms with E-state index in [1.165, 1.54) is 18.2 Å². The van der Waals surface area contributed by atoms with Crippen LogP contribution in [0.1, 0.15) is 11.1 Å². The number of nitrogens with two attached hydrogens (primary N) is 1. The van der Waals surface area contributed by atoms with Crippen molar-refractivity contribution in [2.24, 2.45) is 0 Å². The number of aromatic nitrogens is 1. The Morgan fingerprint density at radius 2 is 2.00 bits per heavy atom. The molecule has 0 unspecified atom stereocenters. The van der Waals surface area contributed by atoms with Crippen LogP contribution < -0.4 is 5.73 Å². The van der Waals surface area contributed by atoms with Crippen LogP contribution in [0.5, 0.6) is 0 Å². The smallest absolute Gasteiger partial charge is 0.417 e. The van der Waals surface area contributed by atoms with E-state index in [0.29, 0.717) is 0 Å². The summed E-state index contributed by atoms with van der Waals surface area (Å²) in [4.78, 5) is 10.7. The highest BCUT2D eigenvalue weighted by Gasteiger charge is 2.35. The van der Waals surface area contributed by atoms with Crippen LogP contribution in [0.4, 0.5) is 19.1 Å². The number of hydrogen-bond acceptors (Lipinski definition) is 4. The molecule has 5 nitrogen and oxygen atoms in total. The minimum absolute atomic E-state index is 0.0748. The Hall–Kier alpha value is -2.51. The standard InChI is InChI=1S/C12H9F3N2O3/c13-12(14,15)8-4-2-1-3-6(8)10-7(5-9(18)19)11(16)20-17-10/h1-4H,5,16H2,(H,18,19). The number of carbonyl (C=O) groups is 1. The molecule has 3 N–H and O–H groups in total. The molecule has 0 spiro atoms. The van der Waals surface area contributed by atoms with Crippen molar-refractivity contribution in [3.05, 3.63) is 35.4 Å². The fraction of sp³-hybridized carbons (Fsp3) is 0.167. The quantitative estimate of drug-likeness (QED) is 0.905. The summed E-state index contributed by atoms with van der Waals surface area (Å²) < 4.78 is 43.4. The first kappa shape index (κ1) is 13.9. The maximum absolute atomic E-state index is 12.9. The number of hydrogen-bond donors (Lipinski definition) is 2. The maximum Gasteiger partial charge on any atom is 0.417 e. The first-order valence-electron chi connectivity index (χ1n) is 5.43. The largest absolute Gasteiger partial charge is 0.481 e. The summed E-state index contributed by atoms with van der Waals surface area (Å²) in [7, 11) is 0. The molecule has 0 bridgehead atoms. The highest BCUT2D eigenvalue weighted by molar-refractivity contribution is 5.79. The molecule has 2 aromatic rings. The Morgan fingerprint density at radius 1 is 1.35 bits per heavy atom. The number of benzene rings is 1. The van der Waals surface area contributed by atoms with Crippen LogP contribution in [0.25, 0.3) is 11.3 Å². The van der Waals surface area contributed by atoms with E-state index in [1.54, 1.807) is 0 Å². The molecule has 1 aromatic carbocycles. The van der Waals surface area contributed by atoms with Crippen LogP contribution in [-0.2, 0) is 17.4 Å². The summed E-state index contributed by atoms with van der Waals surface area (Å²) in [5.41, 5.74) is 3.93. The first-order valence-corrected chi connectivity index (χ1v) is 5.43. The van der Waals surface area contributed by atoms with Gasteiger partial charge < -0.3 is 15.4 Å². The molecule has 1 heterocycles. The van der Waals surface area contributed by atoms with Crippen molar-refractivity contribution in [2.75, 3.05) is 5.73 Å². The van der Waals surface area contributed by atoms with Crippen LogP contribution in [0.15, 0.2) is 28.8 Å². The van der Waals surface area contributed by atoms with Crippen LogP contribution >= 0.6 is 0 Å². The van der Waals surface area contributed by atoms with Gasteiger partial charge in [-0.15, -0.1) is 0 Å². The summed E-state index contributed by atoms with van der Waals surface area (Å²) in [6.07, 6.45) is -5.17. The molecule has 1 aromatic heterocycles. The minimum atomic E-state index is -4.59. The molecule has 2 rings (SSSR count). The van der Waals surface area contributed by atoms with Crippen molar-refractivity contribution >= 4 is 11.9 Å². The zero-order valence-corrected chi connectivity index (χ0v) is 9.94. The van der Waals surface area contributed by atoms with Gasteiger partial charge in [-0.2, -0.15) is 13.2 Å². The van der Waals surface area contributed by atoms with Gasteiger partial charge in [-0.1, -0.05) is 23.4 Å². The number of carboxylic acid groups (broad SMARTS) is 1. The fourth-order valence-corrected chi connectivity index (χ4v) is 1.79. The van der Waals surface area contributed by atoms with Crippen LogP contribution in [0, 0.1) is 0 Å². The third-order valence-corrected chi connectivity index (χ3v) is 2.63. The number of halogens is 3. The Labute approximate surface area is 110 Å². The lowest BCUT2D eigenvalue weighted by Gasteiger charge is -2.11. The number of alkyl halides is 3. The van der Waals surface area contributed by atoms with Crippen molar-refractivity contribution in [2.45, 2.75) is 12.6 Å². The zero-order chi connectivity index (χ0) is 14.9. The summed E-state index contributed by atoms with van der Waals surface area (Å²) in [6, 6.07) is 4.68. The van der Waals surface area contributed by atoms with Crippen molar-refractivity contribution in [3.8, 4) is 11.3 Å². The average Bonchev–Trinajstić information content (AvgIpc) is 2.69. The third-order valence-electron chi connectivity index (χ3n) is 2.63. The lowest BCUT2D eigenvalue weighted by Crippen LogP contribution is -2.08. The van der Waals surface area contributed by atoms with Crippen LogP contribution in [-0.4, -0.2) is 16.2 Å². The molecular weight excluding hydrogens is 277 g/mol. The number of carboxylic acids is 1. The van der Waals surface area contributed by atoms with E-state index in [0.717, 1.165) is 6.07 Å². The zero-order valence-electron chi connectivity index (χ0n) is 9.94. The second kappa shape index (κ2) is 4.87. The van der Waals surface area contributed by atoms with E-state index in [1.807, 2.05) is 0 Å². The third kappa shape index (κ3) is 2.58. The van der Waals surface area contributed by atoms with Gasteiger partial charge in [-0.3, -0.25) is 4.79 Å². The van der Waals surface area contributed by atoms with Gasteiger partial charge in [0.05, 0.1) is 17.5 Å². The molecule has 0 saturated carbocycles. The number of rotatable bonds is 3. The number of anilines is 1. The lowest BCUT2D eigenvalue weighted by molar-refractivity contribution is -0.137. The molecule has 0 aliphatic carbocycles. The average molecular weight is 286 g/mol. The van der Waals surface area contributed by atoms with Gasteiger partial charge in [-0.25, -0.2) is 0 Å². The van der Waals surface area contributed by atoms with Crippen molar-refractivity contribution in [1.82, 2.24) is 5.16 Å². The van der Waals surface area contributed by atoms with Gasteiger partial charge in [0.2, 0.25) is 5.88 Å². The second-order valence-corrected chi connectivity index (χ2v) is 3.99. The van der Waals surface area contributed by atoms with Crippen LogP contribution in [0.2, 0.25) is 0 Å². The molecule has 20 heavy (non-hydrogen) atoms. The fourth-order valence-electron chi connectivity index (χ4n) is 1.79. The van der Waals surface area contributed by atoms with Crippen molar-refractivity contribution < 1.29 is 27.6 Å². The second-order valence-electron chi connectivity index (χ2n) is 3.99. The topological polar surface area (TPSA) is 89.4 Å². The number of nitrogen functional groups attached to an aromatic ring is 1. The summed E-state index contributed by atoms with van der Waals surface area (Å²) in [6.45, 7) is 0. The monoisotopic (exact) mass is 286 g/mol. The molecule has 0 amide bonds. The van der Waals surface area contributed by atoms with E-state index in [4.69, 9.17) is 10.8 Å². The SMILES string of the molecule is Nc1onc(-c2ccccc2C(F)(F)F)c1CC(=O)O. The molecule has 0 aliphatic heterocycles. The minimum Gasteiger partial charge on any atom is -0.481 e. The molecule has 0 fully saturated rings. The lowest BCUT2D eigenvalue weighted by atomic mass is 10.00. The van der Waals surface area contributed by atoms with Crippen molar-refractivity contribution in [1.29, 1.82) is 0 Å². The van der Waals surface area contributed by atoms with Gasteiger partial charge in [-0.05, 0) is 6.07 Å². The van der Waals surface area contributed by atoms with E-state index in [-0.39, 0.29) is 22.7 Å². The van der Waals surface area contributed by atoms with Gasteiger partial charge in [0, 0.05) is 5.56 Å². The van der Waals surface area contributed by atoms with Crippen LogP contribution in [0.3, 0.4) is 0 Å². The molecule has 0 atom stereocenters. The molecule has 0 saturated heterocycles. The maximum atomic E-state index is 12.9. The van der Waals surface area contributed by atoms with E-state index >= 15 is 0 Å². The summed E-state index contributed by atoms with van der Waals surface area (Å²) in [5.74, 6) is -1.55. The Morgan fingerprint density at radius 3 is 2.60 bits per heavy atom. The van der Waals surface area contributed by atoms with E-state index in [9.17, 15) is 18.0 Å². The van der Waals surface area contributed by atoms with Gasteiger partial charge >= 0.3 is 12.1 Å². The van der Waals surface area contributed by atoms with Gasteiger partial charge in [0.1, 0.15) is 5.69 Å². The molecular formula is C12H9F3N2O3. The van der Waals surface area contributed by atoms with E-state index < -0.39 is 24.1 Å². The van der Waals surface area contributed by atoms with Gasteiger partial charge in [0.25, 0.3) is 0 Å². The summed E-state index contributed by atoms with van der Waals surface area (Å²) >= 11 is 0. The van der Waals surface area contributed by atoms with E-state index in [2.05, 4.69) is 9.68 Å². The normalized spacial score (nSPS) is 11.6. The molecule has 0 aliphatic rings. The Bertz CT molecular complexity index is 650. The van der Waals surface area contributed by atoms with Crippen molar-refractivity contribution in [3.63, 3.8) is 0 Å². The first-order chi connectivity index (χ1) is 9.30. The number of nitrogens with zero attached hydrogens (tertiary/aromatic N) is 1. The highest BCUT2D eigenvalue weighted by atomic mass is 19.4. The Balaban J connectivity index is 2.61. The highest BCUT2D eigenvalue weighted by Crippen LogP contribution is 2.38. The Kier molecular flexibility index (Phi) is 3.39. The molecule has 0 radical (unpaired) electrons.